The van der Waals surface area contributed by atoms with E-state index in [1.54, 1.807) is 36.4 Å². The van der Waals surface area contributed by atoms with E-state index in [0.29, 0.717) is 0 Å². The number of benzene rings is 4. The van der Waals surface area contributed by atoms with Crippen molar-refractivity contribution in [2.24, 2.45) is 0 Å². The molecule has 0 unspecified atom stereocenters. The number of allylic oxidation sites excluding steroid dienone is 1. The molecule has 0 nitrogen and oxygen atoms in total. The summed E-state index contributed by atoms with van der Waals surface area (Å²) in [6.45, 7) is 3.83. The van der Waals surface area contributed by atoms with Crippen molar-refractivity contribution in [3.8, 4) is 0 Å². The molecule has 0 N–H and O–H groups in total. The van der Waals surface area contributed by atoms with Crippen LogP contribution >= 0.6 is 0 Å². The van der Waals surface area contributed by atoms with Crippen molar-refractivity contribution in [1.82, 2.24) is 0 Å². The summed E-state index contributed by atoms with van der Waals surface area (Å²) in [5.41, 5.74) is 6.93. The maximum atomic E-state index is 13.8. The van der Waals surface area contributed by atoms with E-state index < -0.39 is 0 Å². The van der Waals surface area contributed by atoms with Gasteiger partial charge in [-0.1, -0.05) is 89.5 Å². The van der Waals surface area contributed by atoms with E-state index in [1.165, 1.54) is 36.4 Å². The van der Waals surface area contributed by atoms with Crippen molar-refractivity contribution in [2.75, 3.05) is 0 Å². The van der Waals surface area contributed by atoms with E-state index >= 15 is 0 Å². The number of aryl methyl sites for hydroxylation is 1. The molecule has 4 heteroatoms. The molecule has 4 aromatic rings. The van der Waals surface area contributed by atoms with Gasteiger partial charge in [0.05, 0.1) is 0 Å². The highest BCUT2D eigenvalue weighted by molar-refractivity contribution is 7.00. The number of rotatable bonds is 6. The smallest absolute Gasteiger partial charge is 0.207 e. The fourth-order valence-electron chi connectivity index (χ4n) is 4.29. The van der Waals surface area contributed by atoms with Crippen LogP contribution in [0.4, 0.5) is 13.2 Å². The highest BCUT2D eigenvalue weighted by Gasteiger charge is 2.28. The third-order valence-electron chi connectivity index (χ3n) is 5.93. The second-order valence-corrected chi connectivity index (χ2v) is 8.15. The van der Waals surface area contributed by atoms with Gasteiger partial charge in [-0.15, -0.1) is 0 Å². The van der Waals surface area contributed by atoms with E-state index in [1.807, 2.05) is 6.92 Å². The van der Waals surface area contributed by atoms with Gasteiger partial charge in [-0.25, -0.2) is 13.2 Å². The first-order valence-electron chi connectivity index (χ1n) is 11.0. The van der Waals surface area contributed by atoms with Gasteiger partial charge in [-0.2, -0.15) is 0 Å². The molecule has 0 aliphatic carbocycles. The molecular formula is C29H24BF3. The van der Waals surface area contributed by atoms with E-state index in [-0.39, 0.29) is 24.2 Å². The molecule has 0 bridgehead atoms. The molecule has 4 rings (SSSR count). The maximum absolute atomic E-state index is 13.8. The average Bonchev–Trinajstić information content (AvgIpc) is 2.83. The van der Waals surface area contributed by atoms with Gasteiger partial charge in [0, 0.05) is 0 Å². The van der Waals surface area contributed by atoms with E-state index in [2.05, 4.69) is 31.2 Å². The van der Waals surface area contributed by atoms with Gasteiger partial charge in [0.2, 0.25) is 6.71 Å². The molecule has 0 aliphatic heterocycles. The first kappa shape index (κ1) is 22.7. The van der Waals surface area contributed by atoms with Crippen molar-refractivity contribution in [3.63, 3.8) is 0 Å². The lowest BCUT2D eigenvalue weighted by molar-refractivity contribution is 0.627. The summed E-state index contributed by atoms with van der Waals surface area (Å²) in [6.07, 6.45) is 0.731. The first-order valence-corrected chi connectivity index (χ1v) is 11.0. The Bertz CT molecular complexity index is 1200. The first-order chi connectivity index (χ1) is 16.0. The third-order valence-corrected chi connectivity index (χ3v) is 5.93. The van der Waals surface area contributed by atoms with Crippen LogP contribution in [-0.2, 0) is 0 Å². The zero-order valence-corrected chi connectivity index (χ0v) is 18.7. The predicted octanol–water partition coefficient (Wildman–Crippen LogP) is 6.58. The summed E-state index contributed by atoms with van der Waals surface area (Å²) in [7, 11) is 0. The highest BCUT2D eigenvalue weighted by atomic mass is 19.1. The second kappa shape index (κ2) is 9.95. The molecule has 0 aromatic heterocycles. The van der Waals surface area contributed by atoms with Crippen LogP contribution in [0.3, 0.4) is 0 Å². The summed E-state index contributed by atoms with van der Waals surface area (Å²) in [4.78, 5) is 0. The minimum Gasteiger partial charge on any atom is -0.207 e. The topological polar surface area (TPSA) is 0 Å². The van der Waals surface area contributed by atoms with Gasteiger partial charge in [0.15, 0.2) is 0 Å². The zero-order valence-electron chi connectivity index (χ0n) is 18.7. The van der Waals surface area contributed by atoms with Gasteiger partial charge in [-0.3, -0.25) is 0 Å². The predicted molar refractivity (Wildman–Crippen MR) is 133 cm³/mol. The molecule has 0 saturated heterocycles. The lowest BCUT2D eigenvalue weighted by atomic mass is 9.34. The molecule has 0 radical (unpaired) electrons. The molecular weight excluding hydrogens is 416 g/mol. The van der Waals surface area contributed by atoms with Crippen molar-refractivity contribution in [2.45, 2.75) is 20.3 Å². The Hall–Kier alpha value is -3.53. The molecule has 0 aliphatic rings. The van der Waals surface area contributed by atoms with Gasteiger partial charge < -0.3 is 0 Å². The molecule has 0 amide bonds. The Balaban J connectivity index is 2.04. The van der Waals surface area contributed by atoms with E-state index in [0.717, 1.165) is 45.1 Å². The highest BCUT2D eigenvalue weighted by Crippen LogP contribution is 2.31. The Kier molecular flexibility index (Phi) is 6.83. The normalized spacial score (nSPS) is 11.8. The van der Waals surface area contributed by atoms with Gasteiger partial charge in [0.1, 0.15) is 17.5 Å². The second-order valence-electron chi connectivity index (χ2n) is 8.15. The van der Waals surface area contributed by atoms with E-state index in [4.69, 9.17) is 0 Å². The van der Waals surface area contributed by atoms with Crippen molar-refractivity contribution < 1.29 is 13.2 Å². The van der Waals surface area contributed by atoms with Crippen molar-refractivity contribution >= 4 is 28.7 Å². The third kappa shape index (κ3) is 5.11. The molecule has 0 atom stereocenters. The lowest BCUT2D eigenvalue weighted by Crippen LogP contribution is -2.44. The number of halogens is 3. The fraction of sp³-hybridized carbons (Fsp3) is 0.103. The van der Waals surface area contributed by atoms with Gasteiger partial charge in [0.25, 0.3) is 0 Å². The summed E-state index contributed by atoms with van der Waals surface area (Å²) in [6, 6.07) is 27.5. The van der Waals surface area contributed by atoms with Crippen molar-refractivity contribution in [1.29, 1.82) is 0 Å². The summed E-state index contributed by atoms with van der Waals surface area (Å²) < 4.78 is 41.4. The largest absolute Gasteiger partial charge is 0.242 e. The maximum Gasteiger partial charge on any atom is 0.242 e. The number of hydrogen-bond donors (Lipinski definition) is 0. The standard InChI is InChI=1S/C29H24BF3/c1-3-28(21-6-4-20(2)5-7-21)29(22-8-14-25(31)15-9-22)30(23-10-16-26(32)17-11-23)24-12-18-27(33)19-13-24/h4-19H,3H2,1-2H3/b29-28+. The number of hydrogen-bond acceptors (Lipinski definition) is 0. The van der Waals surface area contributed by atoms with Crippen LogP contribution in [0, 0.1) is 24.4 Å². The molecule has 33 heavy (non-hydrogen) atoms. The van der Waals surface area contributed by atoms with Crippen molar-refractivity contribution in [3.05, 3.63) is 131 Å². The minimum absolute atomic E-state index is 0.298. The van der Waals surface area contributed by atoms with Crippen LogP contribution in [0.15, 0.2) is 97.1 Å². The van der Waals surface area contributed by atoms with Crippen LogP contribution in [-0.4, -0.2) is 6.71 Å². The van der Waals surface area contributed by atoms with Crippen LogP contribution < -0.4 is 10.9 Å². The van der Waals surface area contributed by atoms with Crippen LogP contribution in [0.5, 0.6) is 0 Å². The molecule has 4 aromatic carbocycles. The Morgan fingerprint density at radius 3 is 1.39 bits per heavy atom. The summed E-state index contributed by atoms with van der Waals surface area (Å²) in [5, 5.41) is 0. The van der Waals surface area contributed by atoms with Gasteiger partial charge in [-0.05, 0) is 66.4 Å². The molecule has 0 saturated carbocycles. The van der Waals surface area contributed by atoms with E-state index in [9.17, 15) is 13.2 Å². The molecule has 0 spiro atoms. The minimum atomic E-state index is -0.321. The van der Waals surface area contributed by atoms with Crippen LogP contribution in [0.1, 0.15) is 30.0 Å². The Morgan fingerprint density at radius 1 is 0.576 bits per heavy atom. The Labute approximate surface area is 193 Å². The monoisotopic (exact) mass is 440 g/mol. The molecule has 0 fully saturated rings. The lowest BCUT2D eigenvalue weighted by Gasteiger charge is -2.24. The fourth-order valence-corrected chi connectivity index (χ4v) is 4.29. The Morgan fingerprint density at radius 2 is 0.970 bits per heavy atom. The molecule has 164 valence electrons. The zero-order chi connectivity index (χ0) is 23.4. The molecule has 0 heterocycles. The quantitative estimate of drug-likeness (QED) is 0.235. The summed E-state index contributed by atoms with van der Waals surface area (Å²) in [5.74, 6) is -0.956. The van der Waals surface area contributed by atoms with Gasteiger partial charge >= 0.3 is 0 Å². The van der Waals surface area contributed by atoms with Crippen LogP contribution in [0.25, 0.3) is 11.0 Å². The summed E-state index contributed by atoms with van der Waals surface area (Å²) >= 11 is 0. The average molecular weight is 440 g/mol. The SMILES string of the molecule is CC/C(=C(\B(c1ccc(F)cc1)c1ccc(F)cc1)c1ccc(F)cc1)c1ccc(C)cc1. The van der Waals surface area contributed by atoms with Crippen LogP contribution in [0.2, 0.25) is 0 Å².